The number of halogens is 3. The highest BCUT2D eigenvalue weighted by molar-refractivity contribution is 6.04. The molecule has 0 saturated heterocycles. The second kappa shape index (κ2) is 8.49. The summed E-state index contributed by atoms with van der Waals surface area (Å²) in [4.78, 5) is 18.8. The smallest absolute Gasteiger partial charge is 0.276 e. The summed E-state index contributed by atoms with van der Waals surface area (Å²) in [5, 5.41) is 6.59. The molecular formula is C23H22F3N5O. The Balaban J connectivity index is 1.66. The Hall–Kier alpha value is -3.62. The number of pyridine rings is 1. The van der Waals surface area contributed by atoms with E-state index in [4.69, 9.17) is 0 Å². The van der Waals surface area contributed by atoms with Crippen molar-refractivity contribution in [2.75, 3.05) is 23.3 Å². The molecular weight excluding hydrogens is 419 g/mol. The quantitative estimate of drug-likeness (QED) is 0.649. The fourth-order valence-electron chi connectivity index (χ4n) is 3.98. The van der Waals surface area contributed by atoms with Crippen LogP contribution in [0.2, 0.25) is 0 Å². The normalized spacial score (nSPS) is 14.1. The maximum absolute atomic E-state index is 14.3. The van der Waals surface area contributed by atoms with Crippen molar-refractivity contribution >= 4 is 23.0 Å². The summed E-state index contributed by atoms with van der Waals surface area (Å²) in [6.07, 6.45) is 2.24. The highest BCUT2D eigenvalue weighted by Gasteiger charge is 2.27. The largest absolute Gasteiger partial charge is 0.349 e. The van der Waals surface area contributed by atoms with Gasteiger partial charge in [-0.1, -0.05) is 11.6 Å². The molecule has 0 spiro atoms. The molecule has 0 aliphatic carbocycles. The number of anilines is 2. The molecule has 3 aromatic rings. The molecule has 9 heteroatoms. The van der Waals surface area contributed by atoms with Crippen LogP contribution in [0.5, 0.6) is 0 Å². The minimum absolute atomic E-state index is 0.0617. The molecule has 4 rings (SSSR count). The Morgan fingerprint density at radius 1 is 1.06 bits per heavy atom. The van der Waals surface area contributed by atoms with E-state index in [1.54, 1.807) is 30.9 Å². The minimum atomic E-state index is -0.869. The molecule has 3 heterocycles. The van der Waals surface area contributed by atoms with E-state index in [0.29, 0.717) is 30.8 Å². The number of benzene rings is 1. The Bertz CT molecular complexity index is 1210. The summed E-state index contributed by atoms with van der Waals surface area (Å²) in [5.41, 5.74) is 2.82. The molecule has 2 aromatic heterocycles. The Morgan fingerprint density at radius 3 is 2.44 bits per heavy atom. The molecule has 1 aliphatic rings. The molecule has 6 nitrogen and oxygen atoms in total. The lowest BCUT2D eigenvalue weighted by Crippen LogP contribution is -2.32. The van der Waals surface area contributed by atoms with Crippen LogP contribution in [-0.4, -0.2) is 33.8 Å². The number of rotatable bonds is 4. The van der Waals surface area contributed by atoms with Crippen molar-refractivity contribution in [1.82, 2.24) is 14.8 Å². The second-order valence-corrected chi connectivity index (χ2v) is 7.74. The molecule has 166 valence electrons. The van der Waals surface area contributed by atoms with Gasteiger partial charge in [0.05, 0.1) is 5.69 Å². The van der Waals surface area contributed by atoms with Crippen LogP contribution in [0, 0.1) is 24.4 Å². The summed E-state index contributed by atoms with van der Waals surface area (Å²) in [7, 11) is 1.70. The average Bonchev–Trinajstić information content (AvgIpc) is 3.06. The van der Waals surface area contributed by atoms with Crippen LogP contribution in [0.15, 0.2) is 42.1 Å². The molecule has 1 N–H and O–H groups in total. The van der Waals surface area contributed by atoms with Crippen molar-refractivity contribution in [3.63, 3.8) is 0 Å². The molecule has 32 heavy (non-hydrogen) atoms. The monoisotopic (exact) mass is 441 g/mol. The van der Waals surface area contributed by atoms with Gasteiger partial charge in [0.15, 0.2) is 17.3 Å². The Kier molecular flexibility index (Phi) is 5.73. The van der Waals surface area contributed by atoms with Crippen LogP contribution in [0.25, 0.3) is 5.57 Å². The van der Waals surface area contributed by atoms with Gasteiger partial charge in [0.1, 0.15) is 17.3 Å². The number of hydrogen-bond donors (Lipinski definition) is 1. The third-order valence-electron chi connectivity index (χ3n) is 5.65. The van der Waals surface area contributed by atoms with E-state index in [1.807, 2.05) is 11.8 Å². The number of aryl methyl sites for hydroxylation is 1. The number of para-hydroxylation sites is 1. The van der Waals surface area contributed by atoms with E-state index < -0.39 is 29.0 Å². The number of nitrogens with zero attached hydrogens (tertiary/aromatic N) is 4. The summed E-state index contributed by atoms with van der Waals surface area (Å²) in [6.45, 7) is 4.72. The second-order valence-electron chi connectivity index (χ2n) is 7.74. The van der Waals surface area contributed by atoms with Gasteiger partial charge < -0.3 is 10.2 Å². The van der Waals surface area contributed by atoms with E-state index in [2.05, 4.69) is 15.4 Å². The molecule has 0 radical (unpaired) electrons. The minimum Gasteiger partial charge on any atom is -0.349 e. The summed E-state index contributed by atoms with van der Waals surface area (Å²) in [6, 6.07) is 6.26. The predicted octanol–water partition coefficient (Wildman–Crippen LogP) is 4.48. The molecule has 1 aliphatic heterocycles. The maximum Gasteiger partial charge on any atom is 0.276 e. The van der Waals surface area contributed by atoms with E-state index in [1.165, 1.54) is 12.1 Å². The summed E-state index contributed by atoms with van der Waals surface area (Å²) < 4.78 is 43.8. The summed E-state index contributed by atoms with van der Waals surface area (Å²) in [5.74, 6) is -2.59. The SMILES string of the molecule is CC1=C(c2c(C)c(C(=O)Nc3c(F)cccc3F)nn2C)CN(c2ncccc2F)CC1. The lowest BCUT2D eigenvalue weighted by molar-refractivity contribution is 0.102. The zero-order valence-corrected chi connectivity index (χ0v) is 17.9. The van der Waals surface area contributed by atoms with Crippen LogP contribution < -0.4 is 10.2 Å². The summed E-state index contributed by atoms with van der Waals surface area (Å²) >= 11 is 0. The van der Waals surface area contributed by atoms with Gasteiger partial charge in [0.25, 0.3) is 5.91 Å². The molecule has 0 bridgehead atoms. The number of amides is 1. The maximum atomic E-state index is 14.3. The van der Waals surface area contributed by atoms with Crippen LogP contribution >= 0.6 is 0 Å². The third-order valence-corrected chi connectivity index (χ3v) is 5.65. The molecule has 1 amide bonds. The van der Waals surface area contributed by atoms with Crippen LogP contribution in [0.3, 0.4) is 0 Å². The number of hydrogen-bond acceptors (Lipinski definition) is 4. The first-order chi connectivity index (χ1) is 15.3. The van der Waals surface area contributed by atoms with Gasteiger partial charge in [-0.25, -0.2) is 18.2 Å². The standard InChI is InChI=1S/C23H22F3N5O/c1-13-9-11-31(22-18(26)8-5-10-27-22)12-15(13)21-14(2)19(29-30(21)3)23(32)28-20-16(24)6-4-7-17(20)25/h4-8,10H,9,11-12H2,1-3H3,(H,28,32). The van der Waals surface area contributed by atoms with Crippen molar-refractivity contribution in [1.29, 1.82) is 0 Å². The fourth-order valence-corrected chi connectivity index (χ4v) is 3.98. The Labute approximate surface area is 183 Å². The molecule has 0 unspecified atom stereocenters. The van der Waals surface area contributed by atoms with Crippen molar-refractivity contribution in [3.05, 3.63) is 76.5 Å². The third kappa shape index (κ3) is 3.86. The van der Waals surface area contributed by atoms with Gasteiger partial charge in [-0.2, -0.15) is 5.10 Å². The molecule has 0 saturated carbocycles. The number of carbonyl (C=O) groups excluding carboxylic acids is 1. The van der Waals surface area contributed by atoms with Crippen molar-refractivity contribution in [2.45, 2.75) is 20.3 Å². The van der Waals surface area contributed by atoms with Gasteiger partial charge in [0.2, 0.25) is 0 Å². The molecule has 0 fully saturated rings. The van der Waals surface area contributed by atoms with Crippen molar-refractivity contribution < 1.29 is 18.0 Å². The molecule has 0 atom stereocenters. The Morgan fingerprint density at radius 2 is 1.75 bits per heavy atom. The van der Waals surface area contributed by atoms with Gasteiger partial charge >= 0.3 is 0 Å². The predicted molar refractivity (Wildman–Crippen MR) is 116 cm³/mol. The van der Waals surface area contributed by atoms with Gasteiger partial charge in [-0.3, -0.25) is 9.48 Å². The lowest BCUT2D eigenvalue weighted by atomic mass is 9.96. The van der Waals surface area contributed by atoms with E-state index in [-0.39, 0.29) is 11.5 Å². The zero-order chi connectivity index (χ0) is 23.0. The van der Waals surface area contributed by atoms with E-state index in [9.17, 15) is 18.0 Å². The van der Waals surface area contributed by atoms with Crippen LogP contribution in [0.1, 0.15) is 35.1 Å². The molecule has 1 aromatic carbocycles. The first kappa shape index (κ1) is 21.6. The first-order valence-electron chi connectivity index (χ1n) is 10.1. The highest BCUT2D eigenvalue weighted by Crippen LogP contribution is 2.32. The van der Waals surface area contributed by atoms with Gasteiger partial charge in [-0.05, 0) is 50.1 Å². The van der Waals surface area contributed by atoms with Crippen LogP contribution in [-0.2, 0) is 7.05 Å². The first-order valence-corrected chi connectivity index (χ1v) is 10.1. The van der Waals surface area contributed by atoms with Gasteiger partial charge in [-0.15, -0.1) is 0 Å². The zero-order valence-electron chi connectivity index (χ0n) is 17.9. The number of aromatic nitrogens is 3. The van der Waals surface area contributed by atoms with E-state index in [0.717, 1.165) is 23.3 Å². The topological polar surface area (TPSA) is 63.1 Å². The fraction of sp³-hybridized carbons (Fsp3) is 0.261. The highest BCUT2D eigenvalue weighted by atomic mass is 19.1. The average molecular weight is 441 g/mol. The number of nitrogens with one attached hydrogen (secondary N) is 1. The lowest BCUT2D eigenvalue weighted by Gasteiger charge is -2.31. The van der Waals surface area contributed by atoms with Crippen molar-refractivity contribution in [3.8, 4) is 0 Å². The van der Waals surface area contributed by atoms with Crippen LogP contribution in [0.4, 0.5) is 24.7 Å². The van der Waals surface area contributed by atoms with Crippen molar-refractivity contribution in [2.24, 2.45) is 7.05 Å². The van der Waals surface area contributed by atoms with E-state index >= 15 is 0 Å². The number of carbonyl (C=O) groups is 1. The van der Waals surface area contributed by atoms with Gasteiger partial charge in [0, 0.05) is 31.9 Å².